The molecule has 9 rings (SSSR count). The van der Waals surface area contributed by atoms with E-state index < -0.39 is 41.3 Å². The first-order valence-corrected chi connectivity index (χ1v) is 31.0. The second-order valence-corrected chi connectivity index (χ2v) is 22.2. The average molecular weight is 1380 g/mol. The number of carbonyl (C=O) groups excluding carboxylic acids is 6. The summed E-state index contributed by atoms with van der Waals surface area (Å²) in [7, 11) is 11.2. The number of methoxy groups -OCH3 is 1. The van der Waals surface area contributed by atoms with Gasteiger partial charge in [0.2, 0.25) is 0 Å². The van der Waals surface area contributed by atoms with Crippen molar-refractivity contribution in [3.63, 3.8) is 0 Å². The lowest BCUT2D eigenvalue weighted by Crippen LogP contribution is -2.26. The van der Waals surface area contributed by atoms with Gasteiger partial charge >= 0.3 is 17.9 Å². The summed E-state index contributed by atoms with van der Waals surface area (Å²) in [5.41, 5.74) is 5.61. The van der Waals surface area contributed by atoms with Crippen molar-refractivity contribution in [2.45, 2.75) is 68.8 Å². The number of rotatable bonds is 22. The number of aliphatic carboxylic acids is 1. The highest BCUT2D eigenvalue weighted by Gasteiger charge is 2.36. The Bertz CT molecular complexity index is 4230. The van der Waals surface area contributed by atoms with Crippen LogP contribution < -0.4 is 18.9 Å². The van der Waals surface area contributed by atoms with E-state index in [1.807, 2.05) is 84.9 Å². The Morgan fingerprint density at radius 2 is 0.680 bits per heavy atom. The zero-order chi connectivity index (χ0) is 72.8. The molecule has 0 aliphatic rings. The smallest absolute Gasteiger partial charge is 0.359 e. The topological polar surface area (TPSA) is 310 Å². The molecular formula is C75H86N6O19. The summed E-state index contributed by atoms with van der Waals surface area (Å²) < 4.78 is 43.3. The summed E-state index contributed by atoms with van der Waals surface area (Å²) in [4.78, 5) is 90.5. The summed E-state index contributed by atoms with van der Waals surface area (Å²) in [6, 6.07) is 45.9. The molecule has 9 aromatic rings. The van der Waals surface area contributed by atoms with E-state index in [-0.39, 0.29) is 92.2 Å². The molecule has 100 heavy (non-hydrogen) atoms. The van der Waals surface area contributed by atoms with Gasteiger partial charge in [-0.3, -0.25) is 32.9 Å². The second-order valence-electron chi connectivity index (χ2n) is 22.2. The van der Waals surface area contributed by atoms with Crippen molar-refractivity contribution in [3.8, 4) is 63.1 Å². The minimum atomic E-state index is -0.892. The number of esters is 3. The molecule has 530 valence electrons. The lowest BCUT2D eigenvalue weighted by atomic mass is 10.2. The van der Waals surface area contributed by atoms with Gasteiger partial charge in [0.1, 0.15) is 54.2 Å². The number of benzene rings is 6. The number of carbonyl (C=O) groups is 7. The van der Waals surface area contributed by atoms with Crippen molar-refractivity contribution in [3.05, 3.63) is 220 Å². The molecular weight excluding hydrogens is 1290 g/mol. The van der Waals surface area contributed by atoms with Crippen molar-refractivity contribution in [1.29, 1.82) is 0 Å². The van der Waals surface area contributed by atoms with E-state index in [0.717, 1.165) is 33.9 Å². The second kappa shape index (κ2) is 36.8. The van der Waals surface area contributed by atoms with Crippen LogP contribution in [0.2, 0.25) is 0 Å². The van der Waals surface area contributed by atoms with Gasteiger partial charge in [-0.05, 0) is 136 Å². The highest BCUT2D eigenvalue weighted by atomic mass is 16.5. The number of nitrogens with zero attached hydrogens (tertiary/aromatic N) is 6. The zero-order valence-electron chi connectivity index (χ0n) is 57.4. The van der Waals surface area contributed by atoms with E-state index in [2.05, 4.69) is 0 Å². The molecule has 0 atom stereocenters. The van der Waals surface area contributed by atoms with Crippen LogP contribution in [0.5, 0.6) is 46.0 Å². The van der Waals surface area contributed by atoms with E-state index in [1.165, 1.54) is 69.8 Å². The normalized spacial score (nSPS) is 10.3. The molecule has 5 N–H and O–H groups in total. The van der Waals surface area contributed by atoms with E-state index >= 15 is 0 Å². The van der Waals surface area contributed by atoms with E-state index in [9.17, 15) is 49.2 Å². The summed E-state index contributed by atoms with van der Waals surface area (Å²) in [6.07, 6.45) is 0. The van der Waals surface area contributed by atoms with Crippen LogP contribution in [-0.4, -0.2) is 165 Å². The number of aromatic hydroxyl groups is 4. The third-order valence-corrected chi connectivity index (χ3v) is 14.4. The van der Waals surface area contributed by atoms with Crippen molar-refractivity contribution >= 4 is 41.6 Å². The maximum atomic E-state index is 13.4. The largest absolute Gasteiger partial charge is 0.508 e. The van der Waals surface area contributed by atoms with Crippen molar-refractivity contribution in [2.24, 2.45) is 0 Å². The fourth-order valence-corrected chi connectivity index (χ4v) is 9.75. The molecule has 0 unspecified atom stereocenters. The van der Waals surface area contributed by atoms with Gasteiger partial charge < -0.3 is 73.4 Å². The van der Waals surface area contributed by atoms with Crippen LogP contribution in [0.3, 0.4) is 0 Å². The quantitative estimate of drug-likeness (QED) is 0.0311. The zero-order valence-corrected chi connectivity index (χ0v) is 57.4. The van der Waals surface area contributed by atoms with Crippen LogP contribution in [0.15, 0.2) is 158 Å². The van der Waals surface area contributed by atoms with Gasteiger partial charge in [0.15, 0.2) is 45.8 Å². The van der Waals surface area contributed by atoms with Gasteiger partial charge in [-0.1, -0.05) is 80.2 Å². The number of ether oxygens (including phenoxy) is 7. The molecule has 0 saturated heterocycles. The van der Waals surface area contributed by atoms with Crippen LogP contribution in [0.25, 0.3) is 17.1 Å². The Hall–Kier alpha value is -12.2. The van der Waals surface area contributed by atoms with Crippen LogP contribution in [0.4, 0.5) is 0 Å². The van der Waals surface area contributed by atoms with Crippen molar-refractivity contribution < 1.29 is 92.3 Å². The average Bonchev–Trinajstić information content (AvgIpc) is 1.62. The van der Waals surface area contributed by atoms with Crippen LogP contribution in [0, 0.1) is 13.8 Å². The Labute approximate surface area is 580 Å². The van der Waals surface area contributed by atoms with Gasteiger partial charge in [0.25, 0.3) is 23.7 Å². The molecule has 0 aliphatic heterocycles. The monoisotopic (exact) mass is 1370 g/mol. The minimum Gasteiger partial charge on any atom is -0.508 e. The molecule has 0 spiro atoms. The standard InChI is InChI=1S/C32H34N2O6.C24H26N2O5.C16H18N2O6.C2H4O2.CH4/c1-6-38-32(36)29-30(40-21-23-10-8-7-9-11-23)22(2)28(31(35)33(3)4)34(29)25-14-18-27(19-15-25)39-20-24-12-16-26(37-5)17-13-24;1-5-30-24(29)21-22(31-15-17-9-7-6-8-10-17)16(2)20(23(28)25(3)4)26(21)18-11-13-19(27)14-12-18;1-4-24-16(23)12-14(21)13(20)11(15(22)17(2)3)18(12)9-5-7-10(19)8-6-9;1-2(3)4;/h7-19H,6,20-21H2,1-5H3;6-14,27H,5,15H2,1-4H3;5-8,19-21H,4H2,1-3H3;1H3,(H,3,4);1H4. The van der Waals surface area contributed by atoms with Crippen LogP contribution >= 0.6 is 0 Å². The first kappa shape index (κ1) is 78.5. The molecule has 25 heteroatoms. The maximum absolute atomic E-state index is 13.4. The lowest BCUT2D eigenvalue weighted by Gasteiger charge is -2.16. The third-order valence-electron chi connectivity index (χ3n) is 14.4. The number of carboxylic acid groups (broad SMARTS) is 1. The van der Waals surface area contributed by atoms with E-state index in [0.29, 0.717) is 57.7 Å². The van der Waals surface area contributed by atoms with Gasteiger partial charge in [-0.15, -0.1) is 0 Å². The number of amides is 3. The SMILES string of the molecule is C.CC(=O)O.CCOC(=O)c1c(O)c(O)c(C(=O)N(C)C)n1-c1ccc(O)cc1.CCOC(=O)c1c(OCc2ccccc2)c(C)c(C(=O)N(C)C)n1-c1ccc(O)cc1.CCOC(=O)c1c(OCc2ccccc2)c(C)c(C(=O)N(C)C)n1-c1ccc(OCc2ccc(OC)cc2)cc1. The Balaban J connectivity index is 0.000000270. The highest BCUT2D eigenvalue weighted by Crippen LogP contribution is 2.41. The number of hydrogen-bond donors (Lipinski definition) is 5. The molecule has 0 fully saturated rings. The summed E-state index contributed by atoms with van der Waals surface area (Å²) >= 11 is 0. The number of aromatic nitrogens is 3. The molecule has 6 aromatic carbocycles. The summed E-state index contributed by atoms with van der Waals surface area (Å²) in [5, 5.41) is 46.9. The summed E-state index contributed by atoms with van der Waals surface area (Å²) in [6.45, 7) is 10.9. The molecule has 3 heterocycles. The molecule has 25 nitrogen and oxygen atoms in total. The fraction of sp³-hybridized carbons (Fsp3) is 0.267. The molecule has 0 radical (unpaired) electrons. The van der Waals surface area contributed by atoms with Gasteiger partial charge in [0, 0.05) is 77.4 Å². The molecule has 0 saturated carbocycles. The lowest BCUT2D eigenvalue weighted by molar-refractivity contribution is -0.134. The van der Waals surface area contributed by atoms with Gasteiger partial charge in [-0.25, -0.2) is 14.4 Å². The van der Waals surface area contributed by atoms with Crippen LogP contribution in [0.1, 0.15) is 126 Å². The number of hydrogen-bond acceptors (Lipinski definition) is 18. The molecule has 0 bridgehead atoms. The molecule has 3 amide bonds. The highest BCUT2D eigenvalue weighted by molar-refractivity contribution is 6.04. The predicted molar refractivity (Wildman–Crippen MR) is 374 cm³/mol. The first-order valence-electron chi connectivity index (χ1n) is 31.0. The predicted octanol–water partition coefficient (Wildman–Crippen LogP) is 12.0. The van der Waals surface area contributed by atoms with Crippen molar-refractivity contribution in [2.75, 3.05) is 69.2 Å². The minimum absolute atomic E-state index is 0. The Morgan fingerprint density at radius 3 is 1.02 bits per heavy atom. The third kappa shape index (κ3) is 19.5. The first-order chi connectivity index (χ1) is 47.2. The fourth-order valence-electron chi connectivity index (χ4n) is 9.75. The number of phenolic OH excluding ortho intramolecular Hbond substituents is 2. The van der Waals surface area contributed by atoms with Gasteiger partial charge in [-0.2, -0.15) is 0 Å². The maximum Gasteiger partial charge on any atom is 0.359 e. The summed E-state index contributed by atoms with van der Waals surface area (Å²) in [5.74, 6) is -3.45. The Morgan fingerprint density at radius 1 is 0.390 bits per heavy atom. The van der Waals surface area contributed by atoms with Crippen LogP contribution in [-0.2, 0) is 38.8 Å². The molecule has 3 aromatic heterocycles. The molecule has 0 aliphatic carbocycles. The van der Waals surface area contributed by atoms with E-state index in [1.54, 1.807) is 111 Å². The Kier molecular flexibility index (Phi) is 28.9. The number of phenols is 2. The van der Waals surface area contributed by atoms with Gasteiger partial charge in [0.05, 0.1) is 26.9 Å². The number of carboxylic acids is 1. The van der Waals surface area contributed by atoms with E-state index in [4.69, 9.17) is 43.1 Å². The van der Waals surface area contributed by atoms with Crippen molar-refractivity contribution in [1.82, 2.24) is 28.4 Å².